The molecule has 0 spiro atoms. The lowest BCUT2D eigenvalue weighted by Crippen LogP contribution is -2.16. The molecular formula is C12H15N3O3S2. The summed E-state index contributed by atoms with van der Waals surface area (Å²) < 4.78 is 26.6. The predicted octanol–water partition coefficient (Wildman–Crippen LogP) is 1.93. The van der Waals surface area contributed by atoms with Crippen LogP contribution in [-0.2, 0) is 15.4 Å². The Morgan fingerprint density at radius 2 is 2.00 bits per heavy atom. The normalized spacial score (nSPS) is 12.3. The van der Waals surface area contributed by atoms with Gasteiger partial charge in [-0.3, -0.25) is 9.52 Å². The van der Waals surface area contributed by atoms with Gasteiger partial charge in [-0.05, 0) is 6.07 Å². The summed E-state index contributed by atoms with van der Waals surface area (Å²) in [6.07, 6.45) is 1.16. The maximum absolute atomic E-state index is 12.1. The van der Waals surface area contributed by atoms with Crippen LogP contribution in [0.4, 0.5) is 5.13 Å². The third-order valence-corrected chi connectivity index (χ3v) is 4.78. The molecule has 0 atom stereocenters. The predicted molar refractivity (Wildman–Crippen MR) is 78.7 cm³/mol. The van der Waals surface area contributed by atoms with Gasteiger partial charge in [-0.2, -0.15) is 0 Å². The van der Waals surface area contributed by atoms with Crippen LogP contribution < -0.4 is 10.3 Å². The molecule has 0 aromatic carbocycles. The standard InChI is InChI=1S/C12H15N3O3S2/c1-12(2,3)9-7-19-11(14-9)15-20(17,18)8-4-5-10(16)13-6-8/h4-7H,1-3H3,(H,13,16)(H,14,15). The highest BCUT2D eigenvalue weighted by Gasteiger charge is 2.20. The summed E-state index contributed by atoms with van der Waals surface area (Å²) in [5, 5.41) is 2.13. The molecule has 6 nitrogen and oxygen atoms in total. The Balaban J connectivity index is 2.27. The van der Waals surface area contributed by atoms with Crippen molar-refractivity contribution in [1.29, 1.82) is 0 Å². The highest BCUT2D eigenvalue weighted by atomic mass is 32.2. The largest absolute Gasteiger partial charge is 0.328 e. The number of anilines is 1. The fourth-order valence-corrected chi connectivity index (χ4v) is 3.56. The molecule has 108 valence electrons. The zero-order chi connectivity index (χ0) is 15.0. The number of aromatic nitrogens is 2. The van der Waals surface area contributed by atoms with Crippen LogP contribution in [0.25, 0.3) is 0 Å². The lowest BCUT2D eigenvalue weighted by Gasteiger charge is -2.14. The van der Waals surface area contributed by atoms with Crippen LogP contribution in [0.3, 0.4) is 0 Å². The monoisotopic (exact) mass is 313 g/mol. The van der Waals surface area contributed by atoms with E-state index in [1.165, 1.54) is 17.4 Å². The van der Waals surface area contributed by atoms with Gasteiger partial charge in [-0.25, -0.2) is 13.4 Å². The molecule has 2 aromatic rings. The van der Waals surface area contributed by atoms with Crippen LogP contribution in [0, 0.1) is 0 Å². The quantitative estimate of drug-likeness (QED) is 0.905. The van der Waals surface area contributed by atoms with Gasteiger partial charge in [0.05, 0.1) is 5.69 Å². The van der Waals surface area contributed by atoms with E-state index in [1.54, 1.807) is 0 Å². The van der Waals surface area contributed by atoms with Crippen LogP contribution in [0.2, 0.25) is 0 Å². The number of sulfonamides is 1. The smallest absolute Gasteiger partial charge is 0.265 e. The van der Waals surface area contributed by atoms with Crippen molar-refractivity contribution in [3.8, 4) is 0 Å². The van der Waals surface area contributed by atoms with Gasteiger partial charge in [0.2, 0.25) is 5.56 Å². The SMILES string of the molecule is CC(C)(C)c1csc(NS(=O)(=O)c2ccc(=O)[nH]c2)n1. The molecule has 8 heteroatoms. The van der Waals surface area contributed by atoms with Crippen LogP contribution in [0.5, 0.6) is 0 Å². The molecule has 0 saturated heterocycles. The van der Waals surface area contributed by atoms with Crippen molar-refractivity contribution in [3.05, 3.63) is 39.8 Å². The number of thiazole rings is 1. The van der Waals surface area contributed by atoms with Gasteiger partial charge >= 0.3 is 0 Å². The summed E-state index contributed by atoms with van der Waals surface area (Å²) in [4.78, 5) is 17.5. The number of hydrogen-bond donors (Lipinski definition) is 2. The van der Waals surface area contributed by atoms with E-state index < -0.39 is 10.0 Å². The van der Waals surface area contributed by atoms with E-state index in [0.717, 1.165) is 18.0 Å². The Labute approximate surface area is 121 Å². The maximum atomic E-state index is 12.1. The van der Waals surface area contributed by atoms with Crippen LogP contribution in [0.15, 0.2) is 33.4 Å². The number of aromatic amines is 1. The number of H-pyrrole nitrogens is 1. The molecule has 0 aliphatic carbocycles. The summed E-state index contributed by atoms with van der Waals surface area (Å²) in [5.41, 5.74) is 0.327. The lowest BCUT2D eigenvalue weighted by molar-refractivity contribution is 0.573. The van der Waals surface area contributed by atoms with Crippen molar-refractivity contribution in [2.24, 2.45) is 0 Å². The minimum atomic E-state index is -3.73. The van der Waals surface area contributed by atoms with Crippen molar-refractivity contribution in [3.63, 3.8) is 0 Å². The van der Waals surface area contributed by atoms with Gasteiger partial charge in [0.1, 0.15) is 4.90 Å². The Morgan fingerprint density at radius 3 is 2.50 bits per heavy atom. The second-order valence-electron chi connectivity index (χ2n) is 5.28. The van der Waals surface area contributed by atoms with Crippen molar-refractivity contribution in [1.82, 2.24) is 9.97 Å². The third kappa shape index (κ3) is 3.26. The van der Waals surface area contributed by atoms with E-state index >= 15 is 0 Å². The number of nitrogens with zero attached hydrogens (tertiary/aromatic N) is 1. The molecule has 0 unspecified atom stereocenters. The van der Waals surface area contributed by atoms with Gasteiger partial charge in [0, 0.05) is 23.1 Å². The van der Waals surface area contributed by atoms with Crippen molar-refractivity contribution < 1.29 is 8.42 Å². The summed E-state index contributed by atoms with van der Waals surface area (Å²) >= 11 is 1.23. The fourth-order valence-electron chi connectivity index (χ4n) is 1.40. The van der Waals surface area contributed by atoms with Gasteiger partial charge in [0.15, 0.2) is 5.13 Å². The lowest BCUT2D eigenvalue weighted by atomic mass is 9.93. The average Bonchev–Trinajstić information content (AvgIpc) is 2.77. The first-order valence-electron chi connectivity index (χ1n) is 5.86. The molecule has 0 aliphatic heterocycles. The van der Waals surface area contributed by atoms with E-state index in [4.69, 9.17) is 0 Å². The molecule has 2 heterocycles. The minimum Gasteiger partial charge on any atom is -0.328 e. The number of nitrogens with one attached hydrogen (secondary N) is 2. The molecule has 2 aromatic heterocycles. The summed E-state index contributed by atoms with van der Waals surface area (Å²) in [6.45, 7) is 6.01. The topological polar surface area (TPSA) is 91.9 Å². The van der Waals surface area contributed by atoms with Crippen LogP contribution in [0.1, 0.15) is 26.5 Å². The second kappa shape index (κ2) is 5.02. The number of rotatable bonds is 3. The Bertz CT molecular complexity index is 749. The fraction of sp³-hybridized carbons (Fsp3) is 0.333. The number of hydrogen-bond acceptors (Lipinski definition) is 5. The first-order valence-corrected chi connectivity index (χ1v) is 8.22. The van der Waals surface area contributed by atoms with Gasteiger partial charge in [-0.1, -0.05) is 20.8 Å². The second-order valence-corrected chi connectivity index (χ2v) is 7.82. The highest BCUT2D eigenvalue weighted by molar-refractivity contribution is 7.93. The maximum Gasteiger partial charge on any atom is 0.265 e. The van der Waals surface area contributed by atoms with Gasteiger partial charge < -0.3 is 4.98 Å². The van der Waals surface area contributed by atoms with Crippen molar-refractivity contribution in [2.75, 3.05) is 4.72 Å². The summed E-state index contributed by atoms with van der Waals surface area (Å²) in [6, 6.07) is 2.41. The molecule has 0 bridgehead atoms. The third-order valence-electron chi connectivity index (χ3n) is 2.56. The highest BCUT2D eigenvalue weighted by Crippen LogP contribution is 2.27. The molecular weight excluding hydrogens is 298 g/mol. The first kappa shape index (κ1) is 14.7. The molecule has 0 saturated carbocycles. The molecule has 0 amide bonds. The Kier molecular flexibility index (Phi) is 3.70. The van der Waals surface area contributed by atoms with Gasteiger partial charge in [0.25, 0.3) is 10.0 Å². The summed E-state index contributed by atoms with van der Waals surface area (Å²) in [7, 11) is -3.73. The Hall–Kier alpha value is -1.67. The average molecular weight is 313 g/mol. The van der Waals surface area contributed by atoms with E-state index in [1.807, 2.05) is 26.2 Å². The van der Waals surface area contributed by atoms with Gasteiger partial charge in [-0.15, -0.1) is 11.3 Å². The number of pyridine rings is 1. The zero-order valence-electron chi connectivity index (χ0n) is 11.3. The molecule has 0 fully saturated rings. The van der Waals surface area contributed by atoms with Crippen LogP contribution >= 0.6 is 11.3 Å². The van der Waals surface area contributed by atoms with E-state index in [0.29, 0.717) is 5.13 Å². The molecule has 0 aliphatic rings. The minimum absolute atomic E-state index is 0.00962. The zero-order valence-corrected chi connectivity index (χ0v) is 12.9. The molecule has 20 heavy (non-hydrogen) atoms. The van der Waals surface area contributed by atoms with E-state index in [2.05, 4.69) is 14.7 Å². The Morgan fingerprint density at radius 1 is 1.30 bits per heavy atom. The molecule has 2 N–H and O–H groups in total. The summed E-state index contributed by atoms with van der Waals surface area (Å²) in [5.74, 6) is 0. The van der Waals surface area contributed by atoms with E-state index in [9.17, 15) is 13.2 Å². The van der Waals surface area contributed by atoms with Crippen molar-refractivity contribution in [2.45, 2.75) is 31.1 Å². The van der Waals surface area contributed by atoms with Crippen LogP contribution in [-0.4, -0.2) is 18.4 Å². The van der Waals surface area contributed by atoms with Crippen molar-refractivity contribution >= 4 is 26.5 Å². The molecule has 2 rings (SSSR count). The molecule has 0 radical (unpaired) electrons. The van der Waals surface area contributed by atoms with E-state index in [-0.39, 0.29) is 15.9 Å². The first-order chi connectivity index (χ1) is 9.18.